The van der Waals surface area contributed by atoms with E-state index in [1.807, 2.05) is 19.1 Å². The molecule has 2 N–H and O–H groups in total. The number of halogens is 7. The van der Waals surface area contributed by atoms with Crippen molar-refractivity contribution in [2.24, 2.45) is 16.1 Å². The fourth-order valence-electron chi connectivity index (χ4n) is 4.58. The van der Waals surface area contributed by atoms with Gasteiger partial charge in [0.15, 0.2) is 0 Å². The number of carbonyl (C=O) groups excluding carboxylic acids is 1. The van der Waals surface area contributed by atoms with Crippen molar-refractivity contribution in [2.45, 2.75) is 51.1 Å². The number of carbonyl (C=O) groups is 1. The van der Waals surface area contributed by atoms with Gasteiger partial charge in [0.2, 0.25) is 0 Å². The van der Waals surface area contributed by atoms with Gasteiger partial charge < -0.3 is 15.4 Å². The lowest BCUT2D eigenvalue weighted by molar-refractivity contribution is -0.308. The molecule has 0 saturated carbocycles. The van der Waals surface area contributed by atoms with Gasteiger partial charge in [-0.25, -0.2) is 4.79 Å². The summed E-state index contributed by atoms with van der Waals surface area (Å²) in [5, 5.41) is 0.499. The molecule has 0 aliphatic carbocycles. The van der Waals surface area contributed by atoms with Crippen LogP contribution < -0.4 is 5.73 Å². The Kier molecular flexibility index (Phi) is 9.05. The standard InChI is InChI=1S/C24H29ClF6N4O2/c1-2-16(32)13-17(33-19-6-4-3-5-18(19)25)14-34-10-7-22(15-34)8-11-35(12-9-22)21(36)37-20(23(26,27)28)24(29,30)31/h3-6,13,20H,2,7-12,14-15,32H2,1H3. The molecule has 0 bridgehead atoms. The second-order valence-electron chi connectivity index (χ2n) is 9.42. The molecule has 2 fully saturated rings. The summed E-state index contributed by atoms with van der Waals surface area (Å²) in [5.41, 5.74) is 7.82. The zero-order valence-corrected chi connectivity index (χ0v) is 21.0. The SMILES string of the molecule is CCC(N)=CC(CN1CCC2(CCN(C(=O)OC(C(F)(F)F)C(F)(F)F)CC2)C1)=Nc1ccccc1Cl. The maximum Gasteiger partial charge on any atom is 0.434 e. The minimum absolute atomic E-state index is 0.0123. The van der Waals surface area contributed by atoms with Crippen molar-refractivity contribution in [2.75, 3.05) is 32.7 Å². The van der Waals surface area contributed by atoms with Gasteiger partial charge in [-0.1, -0.05) is 30.7 Å². The Bertz CT molecular complexity index is 1010. The quantitative estimate of drug-likeness (QED) is 0.342. The number of likely N-dealkylation sites (tertiary alicyclic amines) is 2. The van der Waals surface area contributed by atoms with Gasteiger partial charge in [-0.15, -0.1) is 0 Å². The highest BCUT2D eigenvalue weighted by atomic mass is 35.5. The normalized spacial score (nSPS) is 19.6. The summed E-state index contributed by atoms with van der Waals surface area (Å²) in [6.07, 6.45) is -13.1. The number of aliphatic imine (C=N–C) groups is 1. The first-order valence-electron chi connectivity index (χ1n) is 11.8. The van der Waals surface area contributed by atoms with Crippen molar-refractivity contribution in [1.29, 1.82) is 0 Å². The number of amides is 1. The number of hydrogen-bond acceptors (Lipinski definition) is 5. The number of ether oxygens (including phenoxy) is 1. The van der Waals surface area contributed by atoms with Crippen LogP contribution in [0.2, 0.25) is 5.02 Å². The summed E-state index contributed by atoms with van der Waals surface area (Å²) in [5.74, 6) is 0. The highest BCUT2D eigenvalue weighted by Crippen LogP contribution is 2.41. The molecule has 1 aromatic carbocycles. The number of para-hydroxylation sites is 1. The molecule has 0 aromatic heterocycles. The first-order chi connectivity index (χ1) is 17.2. The summed E-state index contributed by atoms with van der Waals surface area (Å²) in [4.78, 5) is 19.9. The van der Waals surface area contributed by atoms with Gasteiger partial charge in [-0.05, 0) is 55.9 Å². The zero-order valence-electron chi connectivity index (χ0n) is 20.2. The highest BCUT2D eigenvalue weighted by molar-refractivity contribution is 6.33. The van der Waals surface area contributed by atoms with Crippen LogP contribution >= 0.6 is 11.6 Å². The number of rotatable bonds is 6. The number of piperidine rings is 1. The molecular formula is C24H29ClF6N4O2. The van der Waals surface area contributed by atoms with Crippen molar-refractivity contribution in [3.05, 3.63) is 41.1 Å². The van der Waals surface area contributed by atoms with Gasteiger partial charge >= 0.3 is 18.4 Å². The summed E-state index contributed by atoms with van der Waals surface area (Å²) in [7, 11) is 0. The van der Waals surface area contributed by atoms with Crippen molar-refractivity contribution < 1.29 is 35.9 Å². The molecule has 2 aliphatic rings. The molecule has 1 aromatic rings. The minimum atomic E-state index is -5.74. The van der Waals surface area contributed by atoms with Gasteiger partial charge in [-0.2, -0.15) is 26.3 Å². The molecule has 37 heavy (non-hydrogen) atoms. The topological polar surface area (TPSA) is 71.2 Å². The summed E-state index contributed by atoms with van der Waals surface area (Å²) < 4.78 is 80.3. The van der Waals surface area contributed by atoms with Gasteiger partial charge in [0.05, 0.1) is 16.4 Å². The van der Waals surface area contributed by atoms with E-state index < -0.39 is 24.5 Å². The average molecular weight is 555 g/mol. The molecule has 1 spiro atoms. The van der Waals surface area contributed by atoms with Crippen LogP contribution in [0.15, 0.2) is 41.0 Å². The Morgan fingerprint density at radius 1 is 1.14 bits per heavy atom. The number of nitrogens with zero attached hydrogens (tertiary/aromatic N) is 3. The third-order valence-electron chi connectivity index (χ3n) is 6.68. The molecule has 0 radical (unpaired) electrons. The Morgan fingerprint density at radius 2 is 1.73 bits per heavy atom. The first kappa shape index (κ1) is 29.1. The largest absolute Gasteiger partial charge is 0.434 e. The van der Waals surface area contributed by atoms with E-state index in [-0.39, 0.29) is 18.5 Å². The van der Waals surface area contributed by atoms with Crippen LogP contribution in [0.3, 0.4) is 0 Å². The minimum Gasteiger partial charge on any atom is -0.426 e. The third-order valence-corrected chi connectivity index (χ3v) is 6.99. The number of nitrogens with two attached hydrogens (primary N) is 1. The van der Waals surface area contributed by atoms with Crippen molar-refractivity contribution in [1.82, 2.24) is 9.80 Å². The maximum atomic E-state index is 12.7. The second-order valence-corrected chi connectivity index (χ2v) is 9.83. The molecule has 2 saturated heterocycles. The van der Waals surface area contributed by atoms with E-state index in [9.17, 15) is 31.1 Å². The zero-order chi connectivity index (χ0) is 27.4. The third kappa shape index (κ3) is 7.76. The van der Waals surface area contributed by atoms with Gasteiger partial charge in [0.1, 0.15) is 0 Å². The molecule has 2 aliphatic heterocycles. The molecular weight excluding hydrogens is 526 g/mol. The fraction of sp³-hybridized carbons (Fsp3) is 0.583. The van der Waals surface area contributed by atoms with Crippen LogP contribution in [0.4, 0.5) is 36.8 Å². The molecule has 13 heteroatoms. The van der Waals surface area contributed by atoms with E-state index in [4.69, 9.17) is 17.3 Å². The van der Waals surface area contributed by atoms with Crippen LogP contribution in [0.25, 0.3) is 0 Å². The Labute approximate surface area is 216 Å². The van der Waals surface area contributed by atoms with Gasteiger partial charge in [0, 0.05) is 31.9 Å². The van der Waals surface area contributed by atoms with Crippen LogP contribution in [-0.2, 0) is 4.74 Å². The number of alkyl halides is 6. The van der Waals surface area contributed by atoms with Crippen LogP contribution in [-0.4, -0.2) is 72.8 Å². The predicted molar refractivity (Wildman–Crippen MR) is 128 cm³/mol. The number of benzene rings is 1. The monoisotopic (exact) mass is 554 g/mol. The average Bonchev–Trinajstić information content (AvgIpc) is 3.19. The Balaban J connectivity index is 1.62. The number of hydrogen-bond donors (Lipinski definition) is 1. The molecule has 206 valence electrons. The van der Waals surface area contributed by atoms with E-state index in [0.29, 0.717) is 48.8 Å². The van der Waals surface area contributed by atoms with Gasteiger partial charge in [0.25, 0.3) is 6.10 Å². The fourth-order valence-corrected chi connectivity index (χ4v) is 4.76. The molecule has 0 atom stereocenters. The predicted octanol–water partition coefficient (Wildman–Crippen LogP) is 6.08. The van der Waals surface area contributed by atoms with Crippen LogP contribution in [0, 0.1) is 5.41 Å². The van der Waals surface area contributed by atoms with E-state index in [1.165, 1.54) is 0 Å². The van der Waals surface area contributed by atoms with E-state index in [0.717, 1.165) is 23.6 Å². The van der Waals surface area contributed by atoms with Gasteiger partial charge in [-0.3, -0.25) is 9.89 Å². The number of allylic oxidation sites excluding steroid dienone is 1. The van der Waals surface area contributed by atoms with Crippen LogP contribution in [0.1, 0.15) is 32.6 Å². The summed E-state index contributed by atoms with van der Waals surface area (Å²) in [6, 6.07) is 7.15. The molecule has 6 nitrogen and oxygen atoms in total. The maximum absolute atomic E-state index is 12.7. The Morgan fingerprint density at radius 3 is 2.30 bits per heavy atom. The lowest BCUT2D eigenvalue weighted by Crippen LogP contribution is -2.50. The van der Waals surface area contributed by atoms with Crippen molar-refractivity contribution in [3.8, 4) is 0 Å². The Hall–Kier alpha value is -2.47. The molecule has 1 amide bonds. The molecule has 2 heterocycles. The van der Waals surface area contributed by atoms with Crippen molar-refractivity contribution in [3.63, 3.8) is 0 Å². The highest BCUT2D eigenvalue weighted by Gasteiger charge is 2.60. The van der Waals surface area contributed by atoms with E-state index >= 15 is 0 Å². The first-order valence-corrected chi connectivity index (χ1v) is 12.2. The second kappa shape index (κ2) is 11.5. The molecule has 0 unspecified atom stereocenters. The smallest absolute Gasteiger partial charge is 0.426 e. The molecule has 3 rings (SSSR count). The van der Waals surface area contributed by atoms with E-state index in [1.54, 1.807) is 18.2 Å². The van der Waals surface area contributed by atoms with Crippen molar-refractivity contribution >= 4 is 29.1 Å². The lowest BCUT2D eigenvalue weighted by atomic mass is 9.78. The summed E-state index contributed by atoms with van der Waals surface area (Å²) >= 11 is 6.25. The summed E-state index contributed by atoms with van der Waals surface area (Å²) in [6.45, 7) is 3.80. The van der Waals surface area contributed by atoms with Crippen LogP contribution in [0.5, 0.6) is 0 Å². The lowest BCUT2D eigenvalue weighted by Gasteiger charge is -2.39. The van der Waals surface area contributed by atoms with E-state index in [2.05, 4.69) is 14.6 Å².